The lowest BCUT2D eigenvalue weighted by Crippen LogP contribution is -2.37. The predicted molar refractivity (Wildman–Crippen MR) is 103 cm³/mol. The van der Waals surface area contributed by atoms with Crippen molar-refractivity contribution in [3.05, 3.63) is 0 Å². The highest BCUT2D eigenvalue weighted by Crippen LogP contribution is 2.28. The summed E-state index contributed by atoms with van der Waals surface area (Å²) >= 11 is 0. The van der Waals surface area contributed by atoms with Crippen molar-refractivity contribution in [2.24, 2.45) is 0 Å². The third-order valence-corrected chi connectivity index (χ3v) is 5.48. The molecule has 2 aliphatic rings. The fraction of sp³-hybridized carbons (Fsp3) is 0.778. The van der Waals surface area contributed by atoms with Crippen molar-refractivity contribution in [3.8, 4) is 0 Å². The molecular weight excluding hydrogens is 346 g/mol. The predicted octanol–water partition coefficient (Wildman–Crippen LogP) is 1.92. The van der Waals surface area contributed by atoms with Crippen molar-refractivity contribution in [1.82, 2.24) is 25.2 Å². The first-order valence-corrected chi connectivity index (χ1v) is 10.1. The van der Waals surface area contributed by atoms with Crippen LogP contribution >= 0.6 is 0 Å². The molecule has 1 aliphatic heterocycles. The molecule has 0 bridgehead atoms. The number of hydrogen-bond acceptors (Lipinski definition) is 9. The Hall–Kier alpha value is -2.00. The molecule has 0 unspecified atom stereocenters. The summed E-state index contributed by atoms with van der Waals surface area (Å²) in [5.74, 6) is 1.62. The van der Waals surface area contributed by atoms with Crippen LogP contribution < -0.4 is 10.2 Å². The highest BCUT2D eigenvalue weighted by Gasteiger charge is 2.21. The third kappa shape index (κ3) is 4.65. The minimum Gasteiger partial charge on any atom is -0.379 e. The minimum absolute atomic E-state index is 0.458. The van der Waals surface area contributed by atoms with Gasteiger partial charge in [0.25, 0.3) is 0 Å². The van der Waals surface area contributed by atoms with E-state index >= 15 is 0 Å². The van der Waals surface area contributed by atoms with Gasteiger partial charge in [-0.1, -0.05) is 12.8 Å². The second kappa shape index (κ2) is 8.79. The normalized spacial score (nSPS) is 19.0. The highest BCUT2D eigenvalue weighted by molar-refractivity contribution is 5.74. The molecule has 27 heavy (non-hydrogen) atoms. The highest BCUT2D eigenvalue weighted by atomic mass is 16.6. The van der Waals surface area contributed by atoms with E-state index in [2.05, 4.69) is 42.4 Å². The molecule has 0 radical (unpaired) electrons. The summed E-state index contributed by atoms with van der Waals surface area (Å²) < 4.78 is 10.2. The van der Waals surface area contributed by atoms with Crippen molar-refractivity contribution < 1.29 is 9.37 Å². The summed E-state index contributed by atoms with van der Waals surface area (Å²) in [6.07, 6.45) is 7.17. The summed E-state index contributed by atoms with van der Waals surface area (Å²) in [5, 5.41) is 11.3. The maximum atomic E-state index is 5.41. The molecule has 0 spiro atoms. The van der Waals surface area contributed by atoms with Crippen LogP contribution in [0.4, 0.5) is 11.6 Å². The first-order chi connectivity index (χ1) is 13.3. The molecule has 2 aromatic heterocycles. The van der Waals surface area contributed by atoms with Gasteiger partial charge in [0.05, 0.1) is 13.2 Å². The fourth-order valence-electron chi connectivity index (χ4n) is 3.87. The Kier molecular flexibility index (Phi) is 5.98. The molecule has 9 nitrogen and oxygen atoms in total. The Balaban J connectivity index is 1.37. The summed E-state index contributed by atoms with van der Waals surface area (Å²) in [6.45, 7) is 5.87. The van der Waals surface area contributed by atoms with Crippen molar-refractivity contribution in [3.63, 3.8) is 0 Å². The molecule has 2 aromatic rings. The molecule has 2 fully saturated rings. The van der Waals surface area contributed by atoms with E-state index in [1.807, 2.05) is 0 Å². The van der Waals surface area contributed by atoms with Gasteiger partial charge in [-0.25, -0.2) is 14.6 Å². The van der Waals surface area contributed by atoms with E-state index in [9.17, 15) is 0 Å². The zero-order chi connectivity index (χ0) is 18.5. The van der Waals surface area contributed by atoms with Crippen LogP contribution in [0.5, 0.6) is 0 Å². The van der Waals surface area contributed by atoms with Gasteiger partial charge in [-0.15, -0.1) is 0 Å². The lowest BCUT2D eigenvalue weighted by atomic mass is 10.2. The van der Waals surface area contributed by atoms with Crippen LogP contribution in [0.1, 0.15) is 38.5 Å². The number of morpholine rings is 1. The van der Waals surface area contributed by atoms with Crippen molar-refractivity contribution in [1.29, 1.82) is 0 Å². The van der Waals surface area contributed by atoms with E-state index in [0.717, 1.165) is 63.9 Å². The Morgan fingerprint density at radius 2 is 1.81 bits per heavy atom. The summed E-state index contributed by atoms with van der Waals surface area (Å²) in [6, 6.07) is 0.463. The number of fused-ring (bicyclic) bond motifs is 1. The van der Waals surface area contributed by atoms with Crippen LogP contribution in [0.15, 0.2) is 4.63 Å². The summed E-state index contributed by atoms with van der Waals surface area (Å²) in [7, 11) is 2.07. The summed E-state index contributed by atoms with van der Waals surface area (Å²) in [5.41, 5.74) is 0.919. The van der Waals surface area contributed by atoms with Crippen molar-refractivity contribution >= 4 is 22.9 Å². The molecule has 0 aromatic carbocycles. The van der Waals surface area contributed by atoms with Gasteiger partial charge in [0.1, 0.15) is 0 Å². The van der Waals surface area contributed by atoms with E-state index in [4.69, 9.17) is 9.37 Å². The first kappa shape index (κ1) is 18.4. The zero-order valence-corrected chi connectivity index (χ0v) is 16.1. The Morgan fingerprint density at radius 1 is 1.07 bits per heavy atom. The van der Waals surface area contributed by atoms with Crippen LogP contribution in [0.25, 0.3) is 11.3 Å². The SMILES string of the molecule is CN(CCCCN1CCOCC1)c1nc2nonc2nc1NC1CCCC1. The minimum atomic E-state index is 0.458. The maximum Gasteiger partial charge on any atom is 0.245 e. The van der Waals surface area contributed by atoms with Gasteiger partial charge >= 0.3 is 0 Å². The van der Waals surface area contributed by atoms with E-state index in [1.54, 1.807) is 0 Å². The van der Waals surface area contributed by atoms with Crippen LogP contribution in [0.2, 0.25) is 0 Å². The topological polar surface area (TPSA) is 92.4 Å². The van der Waals surface area contributed by atoms with E-state index < -0.39 is 0 Å². The van der Waals surface area contributed by atoms with Gasteiger partial charge in [-0.2, -0.15) is 0 Å². The second-order valence-electron chi connectivity index (χ2n) is 7.52. The molecule has 1 N–H and O–H groups in total. The number of anilines is 2. The average Bonchev–Trinajstić information content (AvgIpc) is 3.37. The van der Waals surface area contributed by atoms with Crippen molar-refractivity contribution in [2.75, 3.05) is 56.7 Å². The van der Waals surface area contributed by atoms with E-state index in [-0.39, 0.29) is 0 Å². The molecule has 4 rings (SSSR count). The Bertz CT molecular complexity index is 726. The molecule has 3 heterocycles. The number of hydrogen-bond donors (Lipinski definition) is 1. The third-order valence-electron chi connectivity index (χ3n) is 5.48. The molecule has 0 amide bonds. The van der Waals surface area contributed by atoms with Crippen molar-refractivity contribution in [2.45, 2.75) is 44.6 Å². The van der Waals surface area contributed by atoms with Crippen LogP contribution in [-0.2, 0) is 4.74 Å². The zero-order valence-electron chi connectivity index (χ0n) is 16.1. The number of unbranched alkanes of at least 4 members (excludes halogenated alkanes) is 1. The quantitative estimate of drug-likeness (QED) is 0.695. The van der Waals surface area contributed by atoms with Gasteiger partial charge < -0.3 is 15.0 Å². The maximum absolute atomic E-state index is 5.41. The molecule has 148 valence electrons. The largest absolute Gasteiger partial charge is 0.379 e. The number of nitrogens with one attached hydrogen (secondary N) is 1. The fourth-order valence-corrected chi connectivity index (χ4v) is 3.87. The molecule has 1 saturated heterocycles. The first-order valence-electron chi connectivity index (χ1n) is 10.1. The van der Waals surface area contributed by atoms with Gasteiger partial charge in [0.15, 0.2) is 11.6 Å². The number of rotatable bonds is 8. The lowest BCUT2D eigenvalue weighted by Gasteiger charge is -2.27. The van der Waals surface area contributed by atoms with Gasteiger partial charge in [0, 0.05) is 32.7 Å². The molecular formula is C18H29N7O2. The summed E-state index contributed by atoms with van der Waals surface area (Å²) in [4.78, 5) is 13.9. The monoisotopic (exact) mass is 375 g/mol. The Morgan fingerprint density at radius 3 is 2.59 bits per heavy atom. The average molecular weight is 375 g/mol. The van der Waals surface area contributed by atoms with Crippen LogP contribution in [-0.4, -0.2) is 77.7 Å². The van der Waals surface area contributed by atoms with E-state index in [1.165, 1.54) is 25.7 Å². The molecule has 9 heteroatoms. The standard InChI is InChI=1S/C18H29N7O2/c1-24(8-4-5-9-25-10-12-26-13-11-25)18-17(19-14-6-2-3-7-14)20-15-16(21-18)23-27-22-15/h14H,2-13H2,1H3,(H,19,20,22). The Labute approximate surface area is 159 Å². The molecule has 1 aliphatic carbocycles. The number of aromatic nitrogens is 4. The van der Waals surface area contributed by atoms with Gasteiger partial charge in [-0.05, 0) is 42.5 Å². The number of nitrogens with zero attached hydrogens (tertiary/aromatic N) is 6. The lowest BCUT2D eigenvalue weighted by molar-refractivity contribution is 0.0372. The number of ether oxygens (including phenoxy) is 1. The molecule has 1 saturated carbocycles. The van der Waals surface area contributed by atoms with Crippen LogP contribution in [0, 0.1) is 0 Å². The second-order valence-corrected chi connectivity index (χ2v) is 7.52. The smallest absolute Gasteiger partial charge is 0.245 e. The van der Waals surface area contributed by atoms with Crippen LogP contribution in [0.3, 0.4) is 0 Å². The molecule has 0 atom stereocenters. The van der Waals surface area contributed by atoms with Gasteiger partial charge in [-0.3, -0.25) is 4.90 Å². The van der Waals surface area contributed by atoms with E-state index in [0.29, 0.717) is 17.3 Å². The van der Waals surface area contributed by atoms with Gasteiger partial charge in [0.2, 0.25) is 11.3 Å².